The molecule has 0 fully saturated rings. The number of hydrogen-bond acceptors (Lipinski definition) is 5. The molecule has 1 heterocycles. The fourth-order valence-corrected chi connectivity index (χ4v) is 2.56. The summed E-state index contributed by atoms with van der Waals surface area (Å²) in [6, 6.07) is 6.66. The van der Waals surface area contributed by atoms with Crippen LogP contribution >= 0.6 is 0 Å². The Kier molecular flexibility index (Phi) is 5.41. The molecule has 2 rings (SSSR count). The molecular weight excluding hydrogens is 326 g/mol. The van der Waals surface area contributed by atoms with Crippen molar-refractivity contribution in [1.29, 1.82) is 0 Å². The minimum absolute atomic E-state index is 0.0253. The van der Waals surface area contributed by atoms with Crippen LogP contribution in [0.15, 0.2) is 33.9 Å². The maximum Gasteiger partial charge on any atom is 0.331 e. The molecule has 1 unspecified atom stereocenters. The molecule has 8 heteroatoms. The molecule has 25 heavy (non-hydrogen) atoms. The molecule has 0 saturated heterocycles. The number of ether oxygens (including phenoxy) is 1. The number of aryl methyl sites for hydroxylation is 1. The Morgan fingerprint density at radius 2 is 1.96 bits per heavy atom. The summed E-state index contributed by atoms with van der Waals surface area (Å²) in [5, 5.41) is 3.01. The highest BCUT2D eigenvalue weighted by atomic mass is 16.5. The van der Waals surface area contributed by atoms with Crippen molar-refractivity contribution in [2.75, 3.05) is 7.11 Å². The van der Waals surface area contributed by atoms with Crippen LogP contribution in [0.5, 0.6) is 0 Å². The molecule has 0 aliphatic heterocycles. The van der Waals surface area contributed by atoms with E-state index in [1.165, 1.54) is 11.7 Å². The molecule has 1 atom stereocenters. The SMILES string of the molecule is CCC(C)(NC(=O)CCn1c(=O)[nH]c(=O)c2ccccc21)C(=O)OC. The van der Waals surface area contributed by atoms with E-state index in [0.29, 0.717) is 17.3 Å². The zero-order chi connectivity index (χ0) is 18.6. The maximum atomic E-state index is 12.2. The minimum Gasteiger partial charge on any atom is -0.467 e. The summed E-state index contributed by atoms with van der Waals surface area (Å²) in [6.45, 7) is 3.42. The summed E-state index contributed by atoms with van der Waals surface area (Å²) < 4.78 is 6.04. The second-order valence-corrected chi connectivity index (χ2v) is 5.90. The standard InChI is InChI=1S/C17H21N3O5/c1-4-17(2,15(23)25-3)19-13(21)9-10-20-12-8-6-5-7-11(12)14(22)18-16(20)24/h5-8H,4,9-10H2,1-3H3,(H,19,21)(H,18,22,24). The first kappa shape index (κ1) is 18.4. The molecule has 2 aromatic rings. The third-order valence-corrected chi connectivity index (χ3v) is 4.23. The number of para-hydroxylation sites is 1. The number of rotatable bonds is 6. The van der Waals surface area contributed by atoms with E-state index in [0.717, 1.165) is 0 Å². The van der Waals surface area contributed by atoms with Crippen molar-refractivity contribution < 1.29 is 14.3 Å². The maximum absolute atomic E-state index is 12.2. The fraction of sp³-hybridized carbons (Fsp3) is 0.412. The van der Waals surface area contributed by atoms with Gasteiger partial charge in [0.1, 0.15) is 5.54 Å². The lowest BCUT2D eigenvalue weighted by atomic mass is 9.99. The van der Waals surface area contributed by atoms with Gasteiger partial charge < -0.3 is 10.1 Å². The third-order valence-electron chi connectivity index (χ3n) is 4.23. The van der Waals surface area contributed by atoms with Crippen LogP contribution in [0.3, 0.4) is 0 Å². The number of amides is 1. The number of H-pyrrole nitrogens is 1. The van der Waals surface area contributed by atoms with Gasteiger partial charge in [-0.15, -0.1) is 0 Å². The van der Waals surface area contributed by atoms with Crippen molar-refractivity contribution in [3.8, 4) is 0 Å². The van der Waals surface area contributed by atoms with E-state index in [9.17, 15) is 19.2 Å². The number of methoxy groups -OCH3 is 1. The molecule has 134 valence electrons. The number of nitrogens with zero attached hydrogens (tertiary/aromatic N) is 1. The van der Waals surface area contributed by atoms with Gasteiger partial charge in [0.2, 0.25) is 5.91 Å². The summed E-state index contributed by atoms with van der Waals surface area (Å²) in [4.78, 5) is 50.2. The normalized spacial score (nSPS) is 13.2. The highest BCUT2D eigenvalue weighted by molar-refractivity contribution is 5.87. The van der Waals surface area contributed by atoms with Crippen LogP contribution in [-0.2, 0) is 20.9 Å². The van der Waals surface area contributed by atoms with Crippen LogP contribution in [0.1, 0.15) is 26.7 Å². The predicted octanol–water partition coefficient (Wildman–Crippen LogP) is 0.538. The van der Waals surface area contributed by atoms with Crippen molar-refractivity contribution >= 4 is 22.8 Å². The molecule has 0 aliphatic carbocycles. The van der Waals surface area contributed by atoms with Crippen molar-refractivity contribution in [3.63, 3.8) is 0 Å². The van der Waals surface area contributed by atoms with Gasteiger partial charge in [-0.2, -0.15) is 0 Å². The van der Waals surface area contributed by atoms with Crippen molar-refractivity contribution in [2.24, 2.45) is 0 Å². The summed E-state index contributed by atoms with van der Waals surface area (Å²) in [5.74, 6) is -0.924. The number of aromatic nitrogens is 2. The number of fused-ring (bicyclic) bond motifs is 1. The summed E-state index contributed by atoms with van der Waals surface area (Å²) in [7, 11) is 1.26. The van der Waals surface area contributed by atoms with Crippen molar-refractivity contribution in [1.82, 2.24) is 14.9 Å². The molecule has 2 N–H and O–H groups in total. The van der Waals surface area contributed by atoms with E-state index >= 15 is 0 Å². The van der Waals surface area contributed by atoms with Gasteiger partial charge in [-0.1, -0.05) is 19.1 Å². The first-order valence-electron chi connectivity index (χ1n) is 7.93. The molecule has 0 spiro atoms. The lowest BCUT2D eigenvalue weighted by molar-refractivity contribution is -0.150. The topological polar surface area (TPSA) is 110 Å². The van der Waals surface area contributed by atoms with Gasteiger partial charge in [-0.05, 0) is 25.5 Å². The zero-order valence-electron chi connectivity index (χ0n) is 14.4. The van der Waals surface area contributed by atoms with Crippen LogP contribution < -0.4 is 16.6 Å². The van der Waals surface area contributed by atoms with Crippen LogP contribution in [0.25, 0.3) is 10.9 Å². The Morgan fingerprint density at radius 1 is 1.28 bits per heavy atom. The third kappa shape index (κ3) is 3.78. The molecule has 8 nitrogen and oxygen atoms in total. The number of benzene rings is 1. The molecule has 0 bridgehead atoms. The van der Waals surface area contributed by atoms with Gasteiger partial charge in [0.25, 0.3) is 5.56 Å². The number of carbonyl (C=O) groups is 2. The second kappa shape index (κ2) is 7.33. The van der Waals surface area contributed by atoms with Crippen LogP contribution in [0.2, 0.25) is 0 Å². The Balaban J connectivity index is 2.21. The van der Waals surface area contributed by atoms with E-state index in [2.05, 4.69) is 10.3 Å². The van der Waals surface area contributed by atoms with E-state index < -0.39 is 28.7 Å². The van der Waals surface area contributed by atoms with Gasteiger partial charge in [0.05, 0.1) is 18.0 Å². The number of carbonyl (C=O) groups excluding carboxylic acids is 2. The Bertz CT molecular complexity index is 914. The van der Waals surface area contributed by atoms with E-state index in [4.69, 9.17) is 4.74 Å². The quantitative estimate of drug-likeness (QED) is 0.741. The largest absolute Gasteiger partial charge is 0.467 e. The Hall–Kier alpha value is -2.90. The molecular formula is C17H21N3O5. The first-order chi connectivity index (χ1) is 11.8. The monoisotopic (exact) mass is 347 g/mol. The van der Waals surface area contributed by atoms with Gasteiger partial charge in [0.15, 0.2) is 0 Å². The summed E-state index contributed by atoms with van der Waals surface area (Å²) in [6.07, 6.45) is 0.343. The van der Waals surface area contributed by atoms with E-state index in [1.54, 1.807) is 38.1 Å². The number of nitrogens with one attached hydrogen (secondary N) is 2. The van der Waals surface area contributed by atoms with Gasteiger partial charge in [0, 0.05) is 13.0 Å². The lowest BCUT2D eigenvalue weighted by Gasteiger charge is -2.26. The lowest BCUT2D eigenvalue weighted by Crippen LogP contribution is -2.52. The molecule has 0 aliphatic rings. The Morgan fingerprint density at radius 3 is 2.60 bits per heavy atom. The minimum atomic E-state index is -1.12. The van der Waals surface area contributed by atoms with E-state index in [1.807, 2.05) is 0 Å². The van der Waals surface area contributed by atoms with Gasteiger partial charge in [-0.25, -0.2) is 9.59 Å². The smallest absolute Gasteiger partial charge is 0.331 e. The fourth-order valence-electron chi connectivity index (χ4n) is 2.56. The molecule has 1 aromatic carbocycles. The highest BCUT2D eigenvalue weighted by Gasteiger charge is 2.33. The van der Waals surface area contributed by atoms with Gasteiger partial charge in [-0.3, -0.25) is 19.1 Å². The Labute approximate surface area is 143 Å². The van der Waals surface area contributed by atoms with Gasteiger partial charge >= 0.3 is 11.7 Å². The molecule has 0 saturated carbocycles. The number of hydrogen-bond donors (Lipinski definition) is 2. The molecule has 0 radical (unpaired) electrons. The molecule has 1 amide bonds. The summed E-state index contributed by atoms with van der Waals surface area (Å²) >= 11 is 0. The number of esters is 1. The van der Waals surface area contributed by atoms with Crippen LogP contribution in [0.4, 0.5) is 0 Å². The predicted molar refractivity (Wildman–Crippen MR) is 92.3 cm³/mol. The van der Waals surface area contributed by atoms with Crippen LogP contribution in [0, 0.1) is 0 Å². The highest BCUT2D eigenvalue weighted by Crippen LogP contribution is 2.12. The van der Waals surface area contributed by atoms with Crippen molar-refractivity contribution in [3.05, 3.63) is 45.1 Å². The zero-order valence-corrected chi connectivity index (χ0v) is 14.4. The summed E-state index contributed by atoms with van der Waals surface area (Å²) in [5.41, 5.74) is -1.72. The molecule has 1 aromatic heterocycles. The first-order valence-corrected chi connectivity index (χ1v) is 7.93. The average Bonchev–Trinajstić information content (AvgIpc) is 2.60. The average molecular weight is 347 g/mol. The second-order valence-electron chi connectivity index (χ2n) is 5.90. The van der Waals surface area contributed by atoms with E-state index in [-0.39, 0.29) is 13.0 Å². The van der Waals surface area contributed by atoms with Crippen molar-refractivity contribution in [2.45, 2.75) is 38.8 Å². The van der Waals surface area contributed by atoms with Crippen LogP contribution in [-0.4, -0.2) is 34.1 Å². The number of aromatic amines is 1.